The highest BCUT2D eigenvalue weighted by Crippen LogP contribution is 2.24. The van der Waals surface area contributed by atoms with Crippen LogP contribution >= 0.6 is 11.6 Å². The van der Waals surface area contributed by atoms with Crippen LogP contribution in [0.5, 0.6) is 0 Å². The fraction of sp³-hybridized carbons (Fsp3) is 0.333. The molecule has 7 heteroatoms. The summed E-state index contributed by atoms with van der Waals surface area (Å²) < 4.78 is 0. The van der Waals surface area contributed by atoms with Gasteiger partial charge in [0.05, 0.1) is 17.4 Å². The normalized spacial score (nSPS) is 11.4. The van der Waals surface area contributed by atoms with Crippen molar-refractivity contribution in [3.8, 4) is 6.07 Å². The van der Waals surface area contributed by atoms with Gasteiger partial charge in [-0.05, 0) is 18.6 Å². The molecule has 1 aromatic carbocycles. The molecule has 1 amide bonds. The van der Waals surface area contributed by atoms with Crippen molar-refractivity contribution in [3.63, 3.8) is 0 Å². The van der Waals surface area contributed by atoms with Gasteiger partial charge < -0.3 is 5.32 Å². The standard InChI is InChI=1S/C12H12ClN3O3/c1-2-9(5-6-14)15-12(17)8-3-4-11(16(18)19)10(13)7-8/h3-4,7,9H,2,5H2,1H3,(H,15,17). The van der Waals surface area contributed by atoms with E-state index in [4.69, 9.17) is 16.9 Å². The summed E-state index contributed by atoms with van der Waals surface area (Å²) in [5.74, 6) is -0.404. The van der Waals surface area contributed by atoms with Crippen LogP contribution < -0.4 is 5.32 Å². The highest BCUT2D eigenvalue weighted by atomic mass is 35.5. The van der Waals surface area contributed by atoms with Crippen LogP contribution in [0.1, 0.15) is 30.1 Å². The summed E-state index contributed by atoms with van der Waals surface area (Å²) >= 11 is 5.73. The summed E-state index contributed by atoms with van der Waals surface area (Å²) in [6.07, 6.45) is 0.836. The minimum atomic E-state index is -0.617. The molecule has 0 radical (unpaired) electrons. The topological polar surface area (TPSA) is 96.0 Å². The first-order valence-corrected chi connectivity index (χ1v) is 5.99. The molecule has 0 spiro atoms. The highest BCUT2D eigenvalue weighted by Gasteiger charge is 2.17. The maximum absolute atomic E-state index is 11.9. The number of nitrogens with zero attached hydrogens (tertiary/aromatic N) is 2. The maximum Gasteiger partial charge on any atom is 0.287 e. The number of hydrogen-bond donors (Lipinski definition) is 1. The number of amides is 1. The number of hydrogen-bond acceptors (Lipinski definition) is 4. The molecule has 6 nitrogen and oxygen atoms in total. The predicted molar refractivity (Wildman–Crippen MR) is 69.9 cm³/mol. The molecule has 100 valence electrons. The predicted octanol–water partition coefficient (Wildman–Crippen LogP) is 2.67. The summed E-state index contributed by atoms with van der Waals surface area (Å²) in [5.41, 5.74) is -0.0192. The zero-order chi connectivity index (χ0) is 14.4. The molecule has 1 unspecified atom stereocenters. The molecule has 1 atom stereocenters. The van der Waals surface area contributed by atoms with Gasteiger partial charge in [0.25, 0.3) is 11.6 Å². The Hall–Kier alpha value is -2.13. The van der Waals surface area contributed by atoms with Gasteiger partial charge in [0.2, 0.25) is 0 Å². The second-order valence-electron chi connectivity index (χ2n) is 3.86. The Labute approximate surface area is 115 Å². The summed E-state index contributed by atoms with van der Waals surface area (Å²) in [6.45, 7) is 1.85. The number of nitro benzene ring substituents is 1. The first-order valence-electron chi connectivity index (χ1n) is 5.61. The van der Waals surface area contributed by atoms with Crippen LogP contribution in [0.25, 0.3) is 0 Å². The first-order chi connectivity index (χ1) is 8.99. The van der Waals surface area contributed by atoms with E-state index in [2.05, 4.69) is 5.32 Å². The largest absolute Gasteiger partial charge is 0.348 e. The van der Waals surface area contributed by atoms with E-state index in [0.717, 1.165) is 0 Å². The quantitative estimate of drug-likeness (QED) is 0.663. The third-order valence-corrected chi connectivity index (χ3v) is 2.88. The lowest BCUT2D eigenvalue weighted by Gasteiger charge is -2.13. The molecule has 0 aliphatic rings. The van der Waals surface area contributed by atoms with Gasteiger partial charge in [-0.15, -0.1) is 0 Å². The van der Waals surface area contributed by atoms with Crippen LogP contribution in [-0.2, 0) is 0 Å². The average molecular weight is 282 g/mol. The van der Waals surface area contributed by atoms with Crippen LogP contribution in [0.4, 0.5) is 5.69 Å². The van der Waals surface area contributed by atoms with Crippen molar-refractivity contribution in [2.45, 2.75) is 25.8 Å². The van der Waals surface area contributed by atoms with Crippen molar-refractivity contribution < 1.29 is 9.72 Å². The van der Waals surface area contributed by atoms with Gasteiger partial charge in [0, 0.05) is 17.7 Å². The van der Waals surface area contributed by atoms with E-state index in [1.807, 2.05) is 13.0 Å². The van der Waals surface area contributed by atoms with E-state index in [0.29, 0.717) is 6.42 Å². The van der Waals surface area contributed by atoms with Gasteiger partial charge in [0.1, 0.15) is 5.02 Å². The van der Waals surface area contributed by atoms with E-state index < -0.39 is 10.8 Å². The van der Waals surface area contributed by atoms with Crippen molar-refractivity contribution in [3.05, 3.63) is 38.9 Å². The minimum Gasteiger partial charge on any atom is -0.348 e. The van der Waals surface area contributed by atoms with Gasteiger partial charge >= 0.3 is 0 Å². The third-order valence-electron chi connectivity index (χ3n) is 2.57. The zero-order valence-electron chi connectivity index (χ0n) is 10.2. The van der Waals surface area contributed by atoms with Crippen LogP contribution in [0.3, 0.4) is 0 Å². The van der Waals surface area contributed by atoms with Crippen LogP contribution in [0, 0.1) is 21.4 Å². The van der Waals surface area contributed by atoms with E-state index in [-0.39, 0.29) is 28.7 Å². The highest BCUT2D eigenvalue weighted by molar-refractivity contribution is 6.33. The maximum atomic E-state index is 11.9. The number of benzene rings is 1. The number of rotatable bonds is 5. The van der Waals surface area contributed by atoms with E-state index in [1.54, 1.807) is 0 Å². The molecule has 0 aliphatic carbocycles. The van der Waals surface area contributed by atoms with Gasteiger partial charge in [0.15, 0.2) is 0 Å². The Balaban J connectivity index is 2.86. The van der Waals surface area contributed by atoms with E-state index >= 15 is 0 Å². The molecule has 1 rings (SSSR count). The number of nitriles is 1. The van der Waals surface area contributed by atoms with Crippen LogP contribution in [0.15, 0.2) is 18.2 Å². The number of carbonyl (C=O) groups excluding carboxylic acids is 1. The molecule has 0 bridgehead atoms. The minimum absolute atomic E-state index is 0.0917. The van der Waals surface area contributed by atoms with E-state index in [9.17, 15) is 14.9 Å². The Morgan fingerprint density at radius 2 is 2.32 bits per heavy atom. The zero-order valence-corrected chi connectivity index (χ0v) is 11.0. The van der Waals surface area contributed by atoms with Gasteiger partial charge in [-0.1, -0.05) is 18.5 Å². The van der Waals surface area contributed by atoms with Gasteiger partial charge in [-0.25, -0.2) is 0 Å². The second kappa shape index (κ2) is 6.71. The van der Waals surface area contributed by atoms with Crippen molar-refractivity contribution in [1.29, 1.82) is 5.26 Å². The molecule has 0 saturated carbocycles. The third kappa shape index (κ3) is 3.93. The van der Waals surface area contributed by atoms with Crippen molar-refractivity contribution in [1.82, 2.24) is 5.32 Å². The monoisotopic (exact) mass is 281 g/mol. The molecule has 0 aliphatic heterocycles. The lowest BCUT2D eigenvalue weighted by molar-refractivity contribution is -0.384. The van der Waals surface area contributed by atoms with Crippen LogP contribution in [-0.4, -0.2) is 16.9 Å². The van der Waals surface area contributed by atoms with Gasteiger partial charge in [-0.2, -0.15) is 5.26 Å². The Bertz CT molecular complexity index is 540. The Morgan fingerprint density at radius 3 is 2.79 bits per heavy atom. The van der Waals surface area contributed by atoms with Crippen molar-refractivity contribution >= 4 is 23.2 Å². The molecule has 0 aromatic heterocycles. The lowest BCUT2D eigenvalue weighted by Crippen LogP contribution is -2.34. The Kier molecular flexibility index (Phi) is 5.27. The molecular weight excluding hydrogens is 270 g/mol. The van der Waals surface area contributed by atoms with Crippen molar-refractivity contribution in [2.24, 2.45) is 0 Å². The smallest absolute Gasteiger partial charge is 0.287 e. The molecule has 1 N–H and O–H groups in total. The first kappa shape index (κ1) is 14.9. The molecule has 1 aromatic rings. The molecule has 0 saturated heterocycles. The fourth-order valence-corrected chi connectivity index (χ4v) is 1.72. The number of nitro groups is 1. The molecule has 19 heavy (non-hydrogen) atoms. The van der Waals surface area contributed by atoms with Gasteiger partial charge in [-0.3, -0.25) is 14.9 Å². The average Bonchev–Trinajstić information content (AvgIpc) is 2.37. The number of nitrogens with one attached hydrogen (secondary N) is 1. The Morgan fingerprint density at radius 1 is 1.63 bits per heavy atom. The molecular formula is C12H12ClN3O3. The fourth-order valence-electron chi connectivity index (χ4n) is 1.47. The summed E-state index contributed by atoms with van der Waals surface area (Å²) in [4.78, 5) is 21.9. The summed E-state index contributed by atoms with van der Waals surface area (Å²) in [6, 6.07) is 5.50. The second-order valence-corrected chi connectivity index (χ2v) is 4.27. The van der Waals surface area contributed by atoms with Crippen molar-refractivity contribution in [2.75, 3.05) is 0 Å². The van der Waals surface area contributed by atoms with Crippen LogP contribution in [0.2, 0.25) is 5.02 Å². The van der Waals surface area contributed by atoms with E-state index in [1.165, 1.54) is 18.2 Å². The SMILES string of the molecule is CCC(CC#N)NC(=O)c1ccc([N+](=O)[O-])c(Cl)c1. The molecule has 0 heterocycles. The number of halogens is 1. The summed E-state index contributed by atoms with van der Waals surface area (Å²) in [5, 5.41) is 21.8. The number of carbonyl (C=O) groups is 1. The summed E-state index contributed by atoms with van der Waals surface area (Å²) in [7, 11) is 0. The molecule has 0 fully saturated rings. The lowest BCUT2D eigenvalue weighted by atomic mass is 10.1.